The Kier molecular flexibility index (Phi) is 4.35. The zero-order chi connectivity index (χ0) is 17.9. The molecule has 4 rings (SSSR count). The van der Waals surface area contributed by atoms with E-state index in [4.69, 9.17) is 13.9 Å². The molecule has 5 nitrogen and oxygen atoms in total. The van der Waals surface area contributed by atoms with Gasteiger partial charge in [0.25, 0.3) is 0 Å². The molecule has 2 aromatic carbocycles. The molecule has 0 spiro atoms. The summed E-state index contributed by atoms with van der Waals surface area (Å²) in [4.78, 5) is 12.2. The number of carbonyl (C=O) groups is 1. The predicted octanol–water partition coefficient (Wildman–Crippen LogP) is 4.05. The Morgan fingerprint density at radius 2 is 2.00 bits per heavy atom. The lowest BCUT2D eigenvalue weighted by Crippen LogP contribution is -2.20. The second-order valence-electron chi connectivity index (χ2n) is 6.03. The molecule has 3 aromatic rings. The normalized spacial score (nSPS) is 12.8. The maximum Gasteiger partial charge on any atom is 0.244 e. The predicted molar refractivity (Wildman–Crippen MR) is 99.0 cm³/mol. The summed E-state index contributed by atoms with van der Waals surface area (Å²) in [7, 11) is 0. The van der Waals surface area contributed by atoms with Crippen molar-refractivity contribution < 1.29 is 18.7 Å². The maximum absolute atomic E-state index is 12.2. The van der Waals surface area contributed by atoms with Crippen LogP contribution < -0.4 is 14.8 Å². The van der Waals surface area contributed by atoms with Crippen LogP contribution >= 0.6 is 0 Å². The van der Waals surface area contributed by atoms with Gasteiger partial charge in [0.15, 0.2) is 11.5 Å². The van der Waals surface area contributed by atoms with Crippen LogP contribution in [0.15, 0.2) is 53.0 Å². The molecule has 26 heavy (non-hydrogen) atoms. The van der Waals surface area contributed by atoms with Crippen LogP contribution in [0.25, 0.3) is 17.0 Å². The maximum atomic E-state index is 12.2. The van der Waals surface area contributed by atoms with Crippen LogP contribution in [0.4, 0.5) is 0 Å². The molecule has 1 amide bonds. The van der Waals surface area contributed by atoms with Crippen LogP contribution in [0.1, 0.15) is 23.8 Å². The molecule has 2 heterocycles. The van der Waals surface area contributed by atoms with Crippen LogP contribution in [0.2, 0.25) is 0 Å². The minimum atomic E-state index is -0.157. The van der Waals surface area contributed by atoms with Crippen LogP contribution in [0.5, 0.6) is 11.5 Å². The third kappa shape index (κ3) is 3.16. The molecular formula is C21H19NO4. The molecule has 5 heteroatoms. The first-order chi connectivity index (χ1) is 12.7. The smallest absolute Gasteiger partial charge is 0.244 e. The van der Waals surface area contributed by atoms with E-state index >= 15 is 0 Å². The summed E-state index contributed by atoms with van der Waals surface area (Å²) in [5, 5.41) is 3.90. The highest BCUT2D eigenvalue weighted by molar-refractivity contribution is 5.96. The monoisotopic (exact) mass is 349 g/mol. The molecule has 1 aromatic heterocycles. The Balaban J connectivity index is 1.45. The molecule has 132 valence electrons. The Morgan fingerprint density at radius 1 is 1.15 bits per heavy atom. The summed E-state index contributed by atoms with van der Waals surface area (Å²) in [5.41, 5.74) is 2.75. The summed E-state index contributed by atoms with van der Waals surface area (Å²) in [5.74, 6) is 2.17. The number of para-hydroxylation sites is 1. The summed E-state index contributed by atoms with van der Waals surface area (Å²) >= 11 is 0. The number of rotatable bonds is 5. The van der Waals surface area contributed by atoms with Gasteiger partial charge in [0.2, 0.25) is 12.7 Å². The number of fused-ring (bicyclic) bond motifs is 2. The van der Waals surface area contributed by atoms with Gasteiger partial charge in [0, 0.05) is 30.0 Å². The first-order valence-corrected chi connectivity index (χ1v) is 8.59. The van der Waals surface area contributed by atoms with E-state index in [-0.39, 0.29) is 12.7 Å². The fourth-order valence-electron chi connectivity index (χ4n) is 3.02. The fraction of sp³-hybridized carbons (Fsp3) is 0.190. The second-order valence-corrected chi connectivity index (χ2v) is 6.03. The van der Waals surface area contributed by atoms with Crippen molar-refractivity contribution in [2.24, 2.45) is 0 Å². The van der Waals surface area contributed by atoms with E-state index in [1.54, 1.807) is 6.08 Å². The van der Waals surface area contributed by atoms with Crippen LogP contribution in [0, 0.1) is 0 Å². The van der Waals surface area contributed by atoms with Crippen LogP contribution in [0.3, 0.4) is 0 Å². The first kappa shape index (κ1) is 16.3. The van der Waals surface area contributed by atoms with Crippen molar-refractivity contribution >= 4 is 23.0 Å². The molecule has 0 atom stereocenters. The van der Waals surface area contributed by atoms with Crippen molar-refractivity contribution in [2.75, 3.05) is 6.79 Å². The summed E-state index contributed by atoms with van der Waals surface area (Å²) < 4.78 is 16.5. The highest BCUT2D eigenvalue weighted by atomic mass is 16.7. The highest BCUT2D eigenvalue weighted by Crippen LogP contribution is 2.32. The van der Waals surface area contributed by atoms with Crippen molar-refractivity contribution in [3.8, 4) is 11.5 Å². The van der Waals surface area contributed by atoms with Gasteiger partial charge in [-0.1, -0.05) is 31.2 Å². The molecule has 0 fully saturated rings. The lowest BCUT2D eigenvalue weighted by molar-refractivity contribution is -0.116. The van der Waals surface area contributed by atoms with Crippen LogP contribution in [-0.2, 0) is 17.8 Å². The Bertz CT molecular complexity index is 987. The minimum absolute atomic E-state index is 0.157. The molecule has 0 radical (unpaired) electrons. The van der Waals surface area contributed by atoms with E-state index in [1.165, 1.54) is 0 Å². The number of carbonyl (C=O) groups excluding carboxylic acids is 1. The zero-order valence-electron chi connectivity index (χ0n) is 14.5. The third-order valence-electron chi connectivity index (χ3n) is 4.34. The van der Waals surface area contributed by atoms with E-state index in [0.717, 1.165) is 40.0 Å². The van der Waals surface area contributed by atoms with Gasteiger partial charge in [-0.05, 0) is 29.8 Å². The standard InChI is InChI=1S/C21H19NO4/c1-2-17-16(15-5-3-4-6-18(15)26-17)8-10-21(23)22-12-14-7-9-19-20(11-14)25-13-24-19/h3-11H,2,12-13H2,1H3,(H,22,23)/b10-8+. The largest absolute Gasteiger partial charge is 0.460 e. The SMILES string of the molecule is CCc1oc2ccccc2c1/C=C/C(=O)NCc1ccc2c(c1)OCO2. The van der Waals surface area contributed by atoms with Gasteiger partial charge in [0.05, 0.1) is 0 Å². The number of benzene rings is 2. The van der Waals surface area contributed by atoms with Gasteiger partial charge in [-0.15, -0.1) is 0 Å². The number of aryl methyl sites for hydroxylation is 1. The lowest BCUT2D eigenvalue weighted by atomic mass is 10.1. The molecule has 0 unspecified atom stereocenters. The average Bonchev–Trinajstić information content (AvgIpc) is 3.28. The fourth-order valence-corrected chi connectivity index (χ4v) is 3.02. The average molecular weight is 349 g/mol. The van der Waals surface area contributed by atoms with Gasteiger partial charge in [-0.25, -0.2) is 0 Å². The molecule has 0 saturated carbocycles. The zero-order valence-corrected chi connectivity index (χ0v) is 14.5. The van der Waals surface area contributed by atoms with Crippen molar-refractivity contribution in [3.63, 3.8) is 0 Å². The highest BCUT2D eigenvalue weighted by Gasteiger charge is 2.13. The third-order valence-corrected chi connectivity index (χ3v) is 4.34. The molecule has 0 saturated heterocycles. The van der Waals surface area contributed by atoms with Gasteiger partial charge in [-0.3, -0.25) is 4.79 Å². The number of furan rings is 1. The Hall–Kier alpha value is -3.21. The first-order valence-electron chi connectivity index (χ1n) is 8.59. The molecule has 0 bridgehead atoms. The topological polar surface area (TPSA) is 60.7 Å². The van der Waals surface area contributed by atoms with Gasteiger partial charge in [0.1, 0.15) is 11.3 Å². The van der Waals surface area contributed by atoms with Gasteiger partial charge >= 0.3 is 0 Å². The lowest BCUT2D eigenvalue weighted by Gasteiger charge is -2.04. The molecule has 1 aliphatic heterocycles. The van der Waals surface area contributed by atoms with E-state index < -0.39 is 0 Å². The van der Waals surface area contributed by atoms with E-state index in [0.29, 0.717) is 12.3 Å². The van der Waals surface area contributed by atoms with E-state index in [2.05, 4.69) is 5.32 Å². The van der Waals surface area contributed by atoms with Crippen molar-refractivity contribution in [3.05, 3.63) is 65.4 Å². The van der Waals surface area contributed by atoms with Gasteiger partial charge < -0.3 is 19.2 Å². The Labute approximate surface area is 151 Å². The van der Waals surface area contributed by atoms with E-state index in [9.17, 15) is 4.79 Å². The molecule has 0 aliphatic carbocycles. The quantitative estimate of drug-likeness (QED) is 0.706. The van der Waals surface area contributed by atoms with Crippen molar-refractivity contribution in [1.29, 1.82) is 0 Å². The second kappa shape index (κ2) is 6.96. The number of ether oxygens (including phenoxy) is 2. The summed E-state index contributed by atoms with van der Waals surface area (Å²) in [6, 6.07) is 13.5. The number of hydrogen-bond acceptors (Lipinski definition) is 4. The molecule has 1 N–H and O–H groups in total. The Morgan fingerprint density at radius 3 is 2.88 bits per heavy atom. The number of nitrogens with one attached hydrogen (secondary N) is 1. The van der Waals surface area contributed by atoms with Crippen molar-refractivity contribution in [2.45, 2.75) is 19.9 Å². The number of hydrogen-bond donors (Lipinski definition) is 1. The van der Waals surface area contributed by atoms with Crippen molar-refractivity contribution in [1.82, 2.24) is 5.32 Å². The number of amides is 1. The molecule has 1 aliphatic rings. The molecular weight excluding hydrogens is 330 g/mol. The van der Waals surface area contributed by atoms with Crippen LogP contribution in [-0.4, -0.2) is 12.7 Å². The summed E-state index contributed by atoms with van der Waals surface area (Å²) in [6.45, 7) is 2.70. The van der Waals surface area contributed by atoms with Gasteiger partial charge in [-0.2, -0.15) is 0 Å². The minimum Gasteiger partial charge on any atom is -0.460 e. The summed E-state index contributed by atoms with van der Waals surface area (Å²) in [6.07, 6.45) is 4.14. The van der Waals surface area contributed by atoms with E-state index in [1.807, 2.05) is 55.5 Å².